The molecule has 2 aromatic rings. The molecule has 3 rings (SSSR count). The lowest BCUT2D eigenvalue weighted by molar-refractivity contribution is -0.107. The number of amides is 1. The predicted octanol–water partition coefficient (Wildman–Crippen LogP) is 5.76. The molecule has 3 nitrogen and oxygen atoms in total. The fraction of sp³-hybridized carbons (Fsp3) is 0.480. The van der Waals surface area contributed by atoms with Crippen molar-refractivity contribution in [3.8, 4) is 5.75 Å². The number of benzene rings is 2. The lowest BCUT2D eigenvalue weighted by atomic mass is 9.85. The van der Waals surface area contributed by atoms with Crippen LogP contribution in [0, 0.1) is 5.92 Å². The summed E-state index contributed by atoms with van der Waals surface area (Å²) in [5.41, 5.74) is 5.07. The summed E-state index contributed by atoms with van der Waals surface area (Å²) in [5, 5.41) is 0. The Morgan fingerprint density at radius 1 is 1.18 bits per heavy atom. The van der Waals surface area contributed by atoms with Gasteiger partial charge in [-0.05, 0) is 66.3 Å². The number of carbonyl (C=O) groups is 1. The first-order valence-corrected chi connectivity index (χ1v) is 10.7. The molecule has 0 fully saturated rings. The molecule has 1 amide bonds. The van der Waals surface area contributed by atoms with Crippen LogP contribution in [-0.4, -0.2) is 19.6 Å². The number of para-hydroxylation sites is 1. The number of aryl methyl sites for hydroxylation is 1. The Morgan fingerprint density at radius 3 is 2.75 bits per heavy atom. The molecular formula is C25H33NO2. The molecule has 28 heavy (non-hydrogen) atoms. The van der Waals surface area contributed by atoms with Crippen LogP contribution < -0.4 is 9.64 Å². The summed E-state index contributed by atoms with van der Waals surface area (Å²) >= 11 is 0. The Kier molecular flexibility index (Phi) is 7.13. The third-order valence-electron chi connectivity index (χ3n) is 6.04. The monoisotopic (exact) mass is 379 g/mol. The van der Waals surface area contributed by atoms with E-state index in [1.165, 1.54) is 16.7 Å². The molecule has 1 heterocycles. The van der Waals surface area contributed by atoms with E-state index in [-0.39, 0.29) is 0 Å². The molecule has 2 atom stereocenters. The molecule has 2 unspecified atom stereocenters. The average Bonchev–Trinajstić information content (AvgIpc) is 3.20. The quantitative estimate of drug-likeness (QED) is 0.491. The fourth-order valence-electron chi connectivity index (χ4n) is 4.28. The van der Waals surface area contributed by atoms with Crippen molar-refractivity contribution in [1.82, 2.24) is 0 Å². The second kappa shape index (κ2) is 9.77. The summed E-state index contributed by atoms with van der Waals surface area (Å²) in [6.07, 6.45) is 6.26. The van der Waals surface area contributed by atoms with Gasteiger partial charge in [0.1, 0.15) is 5.75 Å². The number of ether oxygens (including phenoxy) is 1. The van der Waals surface area contributed by atoms with Crippen LogP contribution in [0.4, 0.5) is 5.69 Å². The minimum atomic E-state index is 0.561. The van der Waals surface area contributed by atoms with E-state index in [4.69, 9.17) is 4.74 Å². The summed E-state index contributed by atoms with van der Waals surface area (Å²) < 4.78 is 5.65. The molecule has 0 spiro atoms. The van der Waals surface area contributed by atoms with Crippen LogP contribution in [0.15, 0.2) is 42.5 Å². The molecule has 0 radical (unpaired) electrons. The maximum absolute atomic E-state index is 11.7. The van der Waals surface area contributed by atoms with Crippen LogP contribution in [0.5, 0.6) is 5.75 Å². The van der Waals surface area contributed by atoms with Crippen molar-refractivity contribution in [2.45, 2.75) is 58.8 Å². The van der Waals surface area contributed by atoms with E-state index >= 15 is 0 Å². The molecule has 150 valence electrons. The van der Waals surface area contributed by atoms with Gasteiger partial charge in [-0.2, -0.15) is 0 Å². The van der Waals surface area contributed by atoms with Gasteiger partial charge in [-0.3, -0.25) is 4.79 Å². The number of carbonyl (C=O) groups excluding carboxylic acids is 1. The van der Waals surface area contributed by atoms with E-state index in [0.29, 0.717) is 11.8 Å². The molecule has 0 aromatic heterocycles. The topological polar surface area (TPSA) is 29.5 Å². The molecule has 0 bridgehead atoms. The van der Waals surface area contributed by atoms with Gasteiger partial charge in [0.05, 0.1) is 6.61 Å². The van der Waals surface area contributed by atoms with Crippen molar-refractivity contribution in [2.75, 3.05) is 18.1 Å². The zero-order valence-corrected chi connectivity index (χ0v) is 17.5. The smallest absolute Gasteiger partial charge is 0.214 e. The van der Waals surface area contributed by atoms with Crippen LogP contribution in [0.2, 0.25) is 0 Å². The molecule has 0 aliphatic carbocycles. The molecule has 0 saturated heterocycles. The van der Waals surface area contributed by atoms with Crippen molar-refractivity contribution in [3.63, 3.8) is 0 Å². The van der Waals surface area contributed by atoms with Gasteiger partial charge >= 0.3 is 0 Å². The third kappa shape index (κ3) is 4.76. The van der Waals surface area contributed by atoms with E-state index in [1.807, 2.05) is 17.0 Å². The molecule has 3 heteroatoms. The van der Waals surface area contributed by atoms with Crippen molar-refractivity contribution < 1.29 is 9.53 Å². The average molecular weight is 380 g/mol. The number of anilines is 1. The second-order valence-electron chi connectivity index (χ2n) is 7.98. The van der Waals surface area contributed by atoms with E-state index in [1.54, 1.807) is 0 Å². The fourth-order valence-corrected chi connectivity index (χ4v) is 4.28. The highest BCUT2D eigenvalue weighted by Gasteiger charge is 2.19. The van der Waals surface area contributed by atoms with Crippen LogP contribution in [-0.2, 0) is 17.6 Å². The summed E-state index contributed by atoms with van der Waals surface area (Å²) in [6, 6.07) is 14.9. The van der Waals surface area contributed by atoms with E-state index in [2.05, 4.69) is 51.1 Å². The highest BCUT2D eigenvalue weighted by Crippen LogP contribution is 2.33. The minimum Gasteiger partial charge on any atom is -0.493 e. The maximum Gasteiger partial charge on any atom is 0.214 e. The van der Waals surface area contributed by atoms with Gasteiger partial charge in [0.15, 0.2) is 0 Å². The standard InChI is InChI=1S/C25H33NO2/c1-4-20-8-6-7-9-24(20)26(18-27)14-12-19(3)16-21(5-2)22-10-11-25-23(17-22)13-15-28-25/h6-11,17-19,21H,4-5,12-16H2,1-3H3. The van der Waals surface area contributed by atoms with Crippen molar-refractivity contribution in [3.05, 3.63) is 59.2 Å². The highest BCUT2D eigenvalue weighted by molar-refractivity contribution is 5.76. The third-order valence-corrected chi connectivity index (χ3v) is 6.04. The summed E-state index contributed by atoms with van der Waals surface area (Å²) in [7, 11) is 0. The van der Waals surface area contributed by atoms with Gasteiger partial charge in [0.2, 0.25) is 6.41 Å². The van der Waals surface area contributed by atoms with Crippen LogP contribution in [0.1, 0.15) is 62.6 Å². The Morgan fingerprint density at radius 2 is 2.00 bits per heavy atom. The first-order chi connectivity index (χ1) is 13.7. The summed E-state index contributed by atoms with van der Waals surface area (Å²) in [6.45, 7) is 8.31. The van der Waals surface area contributed by atoms with Crippen molar-refractivity contribution in [1.29, 1.82) is 0 Å². The van der Waals surface area contributed by atoms with Crippen molar-refractivity contribution in [2.24, 2.45) is 5.92 Å². The summed E-state index contributed by atoms with van der Waals surface area (Å²) in [5.74, 6) is 2.18. The van der Waals surface area contributed by atoms with Crippen LogP contribution in [0.25, 0.3) is 0 Å². The van der Waals surface area contributed by atoms with Crippen molar-refractivity contribution >= 4 is 12.1 Å². The molecule has 2 aromatic carbocycles. The van der Waals surface area contributed by atoms with Gasteiger partial charge in [-0.25, -0.2) is 0 Å². The van der Waals surface area contributed by atoms with Gasteiger partial charge in [-0.1, -0.05) is 51.1 Å². The molecule has 1 aliphatic heterocycles. The van der Waals surface area contributed by atoms with E-state index in [9.17, 15) is 4.79 Å². The minimum absolute atomic E-state index is 0.561. The van der Waals surface area contributed by atoms with Gasteiger partial charge in [0, 0.05) is 18.7 Å². The Labute approximate surface area is 169 Å². The lowest BCUT2D eigenvalue weighted by Gasteiger charge is -2.24. The first-order valence-electron chi connectivity index (χ1n) is 10.7. The number of rotatable bonds is 10. The van der Waals surface area contributed by atoms with E-state index < -0.39 is 0 Å². The van der Waals surface area contributed by atoms with Gasteiger partial charge in [-0.15, -0.1) is 0 Å². The lowest BCUT2D eigenvalue weighted by Crippen LogP contribution is -2.25. The van der Waals surface area contributed by atoms with Crippen LogP contribution in [0.3, 0.4) is 0 Å². The second-order valence-corrected chi connectivity index (χ2v) is 7.98. The Hall–Kier alpha value is -2.29. The first kappa shape index (κ1) is 20.4. The largest absolute Gasteiger partial charge is 0.493 e. The zero-order valence-electron chi connectivity index (χ0n) is 17.5. The number of fused-ring (bicyclic) bond motifs is 1. The Bertz CT molecular complexity index is 786. The van der Waals surface area contributed by atoms with Gasteiger partial charge < -0.3 is 9.64 Å². The molecular weight excluding hydrogens is 346 g/mol. The maximum atomic E-state index is 11.7. The predicted molar refractivity (Wildman–Crippen MR) is 116 cm³/mol. The van der Waals surface area contributed by atoms with Gasteiger partial charge in [0.25, 0.3) is 0 Å². The van der Waals surface area contributed by atoms with Crippen LogP contribution >= 0.6 is 0 Å². The normalized spacial score (nSPS) is 14.8. The Balaban J connectivity index is 1.60. The number of hydrogen-bond acceptors (Lipinski definition) is 2. The molecule has 0 N–H and O–H groups in total. The number of hydrogen-bond donors (Lipinski definition) is 0. The summed E-state index contributed by atoms with van der Waals surface area (Å²) in [4.78, 5) is 13.6. The number of nitrogens with zero attached hydrogens (tertiary/aromatic N) is 1. The highest BCUT2D eigenvalue weighted by atomic mass is 16.5. The zero-order chi connectivity index (χ0) is 19.9. The molecule has 1 aliphatic rings. The molecule has 0 saturated carbocycles. The SMILES string of the molecule is CCc1ccccc1N(C=O)CCC(C)CC(CC)c1ccc2c(c1)CCO2. The van der Waals surface area contributed by atoms with E-state index in [0.717, 1.165) is 63.1 Å².